The van der Waals surface area contributed by atoms with E-state index in [4.69, 9.17) is 0 Å². The van der Waals surface area contributed by atoms with Gasteiger partial charge in [0.2, 0.25) is 0 Å². The highest BCUT2D eigenvalue weighted by atomic mass is 16.6. The van der Waals surface area contributed by atoms with Crippen molar-refractivity contribution in [2.45, 2.75) is 39.4 Å². The Morgan fingerprint density at radius 3 is 2.24 bits per heavy atom. The standard InChI is InChI=1S/C12H18O5/c1-5-12(15,16)7-6-9(4)11(14)17-10(13)8(2)3/h6,15-16H,2,5,7H2,1,3-4H3. The Balaban J connectivity index is 4.46. The zero-order valence-corrected chi connectivity index (χ0v) is 10.3. The van der Waals surface area contributed by atoms with Crippen LogP contribution in [0.2, 0.25) is 0 Å². The van der Waals surface area contributed by atoms with Gasteiger partial charge in [-0.15, -0.1) is 0 Å². The van der Waals surface area contributed by atoms with Gasteiger partial charge in [-0.2, -0.15) is 0 Å². The third kappa shape index (κ3) is 5.99. The highest BCUT2D eigenvalue weighted by molar-refractivity contribution is 6.00. The molecule has 0 radical (unpaired) electrons. The van der Waals surface area contributed by atoms with E-state index in [1.165, 1.54) is 19.9 Å². The van der Waals surface area contributed by atoms with E-state index in [2.05, 4.69) is 11.3 Å². The zero-order chi connectivity index (χ0) is 13.6. The smallest absolute Gasteiger partial charge is 0.341 e. The normalized spacial score (nSPS) is 12.2. The molecule has 0 aliphatic rings. The number of aliphatic hydroxyl groups is 2. The average Bonchev–Trinajstić information content (AvgIpc) is 2.25. The topological polar surface area (TPSA) is 83.8 Å². The SMILES string of the molecule is C=C(C)C(=O)OC(=O)C(C)=CCC(O)(O)CC. The number of hydrogen-bond acceptors (Lipinski definition) is 5. The predicted molar refractivity (Wildman–Crippen MR) is 61.7 cm³/mol. The number of ether oxygens (including phenoxy) is 1. The van der Waals surface area contributed by atoms with Gasteiger partial charge in [-0.1, -0.05) is 19.6 Å². The highest BCUT2D eigenvalue weighted by Gasteiger charge is 2.19. The molecule has 0 aromatic heterocycles. The molecule has 0 aliphatic carbocycles. The minimum Gasteiger partial charge on any atom is -0.386 e. The second kappa shape index (κ2) is 6.32. The minimum atomic E-state index is -1.85. The van der Waals surface area contributed by atoms with Crippen molar-refractivity contribution in [2.75, 3.05) is 0 Å². The lowest BCUT2D eigenvalue weighted by molar-refractivity contribution is -0.159. The first-order chi connectivity index (χ1) is 7.69. The molecular weight excluding hydrogens is 224 g/mol. The Hall–Kier alpha value is -1.46. The fourth-order valence-electron chi connectivity index (χ4n) is 0.796. The van der Waals surface area contributed by atoms with Crippen molar-refractivity contribution in [2.24, 2.45) is 0 Å². The molecule has 0 aliphatic heterocycles. The Kier molecular flexibility index (Phi) is 5.78. The predicted octanol–water partition coefficient (Wildman–Crippen LogP) is 1.06. The molecule has 0 saturated carbocycles. The lowest BCUT2D eigenvalue weighted by Crippen LogP contribution is -2.26. The molecule has 0 amide bonds. The van der Waals surface area contributed by atoms with Gasteiger partial charge in [0.15, 0.2) is 5.79 Å². The molecule has 0 heterocycles. The van der Waals surface area contributed by atoms with Crippen LogP contribution in [0.5, 0.6) is 0 Å². The van der Waals surface area contributed by atoms with E-state index >= 15 is 0 Å². The lowest BCUT2D eigenvalue weighted by atomic mass is 10.1. The van der Waals surface area contributed by atoms with Crippen molar-refractivity contribution in [3.8, 4) is 0 Å². The van der Waals surface area contributed by atoms with Crippen LogP contribution in [0.25, 0.3) is 0 Å². The molecule has 0 fully saturated rings. The number of carbonyl (C=O) groups excluding carboxylic acids is 2. The Morgan fingerprint density at radius 1 is 1.29 bits per heavy atom. The van der Waals surface area contributed by atoms with Gasteiger partial charge in [0, 0.05) is 17.6 Å². The van der Waals surface area contributed by atoms with E-state index in [1.54, 1.807) is 6.92 Å². The van der Waals surface area contributed by atoms with Crippen LogP contribution in [0.3, 0.4) is 0 Å². The second-order valence-corrected chi connectivity index (χ2v) is 3.88. The zero-order valence-electron chi connectivity index (χ0n) is 10.3. The summed E-state index contributed by atoms with van der Waals surface area (Å²) >= 11 is 0. The summed E-state index contributed by atoms with van der Waals surface area (Å²) in [6, 6.07) is 0. The van der Waals surface area contributed by atoms with Crippen LogP contribution in [0.15, 0.2) is 23.8 Å². The summed E-state index contributed by atoms with van der Waals surface area (Å²) < 4.78 is 4.46. The van der Waals surface area contributed by atoms with Crippen molar-refractivity contribution in [1.29, 1.82) is 0 Å². The number of hydrogen-bond donors (Lipinski definition) is 2. The van der Waals surface area contributed by atoms with E-state index in [0.29, 0.717) is 0 Å². The quantitative estimate of drug-likeness (QED) is 0.326. The summed E-state index contributed by atoms with van der Waals surface area (Å²) in [5.74, 6) is -3.46. The van der Waals surface area contributed by atoms with E-state index in [-0.39, 0.29) is 24.0 Å². The van der Waals surface area contributed by atoms with Crippen LogP contribution in [0, 0.1) is 0 Å². The van der Waals surface area contributed by atoms with Crippen LogP contribution >= 0.6 is 0 Å². The Bertz CT molecular complexity index is 352. The van der Waals surface area contributed by atoms with Gasteiger partial charge in [0.1, 0.15) is 0 Å². The van der Waals surface area contributed by atoms with Crippen LogP contribution in [0.4, 0.5) is 0 Å². The summed E-state index contributed by atoms with van der Waals surface area (Å²) in [7, 11) is 0. The third-order valence-corrected chi connectivity index (χ3v) is 2.16. The van der Waals surface area contributed by atoms with Crippen molar-refractivity contribution in [3.63, 3.8) is 0 Å². The summed E-state index contributed by atoms with van der Waals surface area (Å²) in [6.45, 7) is 7.80. The molecule has 0 saturated heterocycles. The van der Waals surface area contributed by atoms with E-state index in [9.17, 15) is 19.8 Å². The first-order valence-electron chi connectivity index (χ1n) is 5.23. The first kappa shape index (κ1) is 15.5. The molecule has 2 N–H and O–H groups in total. The molecular formula is C12H18O5. The van der Waals surface area contributed by atoms with Crippen LogP contribution in [0.1, 0.15) is 33.6 Å². The highest BCUT2D eigenvalue weighted by Crippen LogP contribution is 2.13. The molecule has 0 spiro atoms. The maximum atomic E-state index is 11.3. The number of carbonyl (C=O) groups is 2. The number of esters is 2. The van der Waals surface area contributed by atoms with Gasteiger partial charge in [-0.25, -0.2) is 9.59 Å². The molecule has 0 atom stereocenters. The average molecular weight is 242 g/mol. The molecule has 0 unspecified atom stereocenters. The largest absolute Gasteiger partial charge is 0.386 e. The lowest BCUT2D eigenvalue weighted by Gasteiger charge is -2.17. The Morgan fingerprint density at radius 2 is 1.82 bits per heavy atom. The molecule has 17 heavy (non-hydrogen) atoms. The second-order valence-electron chi connectivity index (χ2n) is 3.88. The van der Waals surface area contributed by atoms with Crippen LogP contribution in [-0.4, -0.2) is 27.9 Å². The van der Waals surface area contributed by atoms with Crippen molar-refractivity contribution in [3.05, 3.63) is 23.8 Å². The fraction of sp³-hybridized carbons (Fsp3) is 0.500. The van der Waals surface area contributed by atoms with Crippen molar-refractivity contribution < 1.29 is 24.5 Å². The van der Waals surface area contributed by atoms with Gasteiger partial charge in [0.25, 0.3) is 0 Å². The summed E-state index contributed by atoms with van der Waals surface area (Å²) in [6.07, 6.45) is 1.35. The summed E-state index contributed by atoms with van der Waals surface area (Å²) in [4.78, 5) is 22.4. The summed E-state index contributed by atoms with van der Waals surface area (Å²) in [5.41, 5.74) is 0.263. The van der Waals surface area contributed by atoms with Crippen LogP contribution < -0.4 is 0 Å². The summed E-state index contributed by atoms with van der Waals surface area (Å²) in [5, 5.41) is 18.6. The minimum absolute atomic E-state index is 0.105. The maximum Gasteiger partial charge on any atom is 0.341 e. The van der Waals surface area contributed by atoms with Gasteiger partial charge in [-0.05, 0) is 20.3 Å². The molecule has 0 rings (SSSR count). The monoisotopic (exact) mass is 242 g/mol. The molecule has 5 nitrogen and oxygen atoms in total. The maximum absolute atomic E-state index is 11.3. The van der Waals surface area contributed by atoms with Gasteiger partial charge in [-0.3, -0.25) is 0 Å². The third-order valence-electron chi connectivity index (χ3n) is 2.16. The van der Waals surface area contributed by atoms with E-state index in [0.717, 1.165) is 0 Å². The molecule has 0 bridgehead atoms. The van der Waals surface area contributed by atoms with Gasteiger partial charge in [0.05, 0.1) is 0 Å². The van der Waals surface area contributed by atoms with Gasteiger partial charge >= 0.3 is 11.9 Å². The van der Waals surface area contributed by atoms with Crippen molar-refractivity contribution >= 4 is 11.9 Å². The van der Waals surface area contributed by atoms with E-state index < -0.39 is 17.7 Å². The molecule has 96 valence electrons. The molecule has 5 heteroatoms. The first-order valence-corrected chi connectivity index (χ1v) is 5.23. The van der Waals surface area contributed by atoms with Gasteiger partial charge < -0.3 is 14.9 Å². The van der Waals surface area contributed by atoms with Crippen LogP contribution in [-0.2, 0) is 14.3 Å². The van der Waals surface area contributed by atoms with E-state index in [1.807, 2.05) is 0 Å². The molecule has 0 aromatic rings. The fourth-order valence-corrected chi connectivity index (χ4v) is 0.796. The Labute approximate surface area is 100 Å². The number of rotatable bonds is 5. The van der Waals surface area contributed by atoms with Crippen molar-refractivity contribution in [1.82, 2.24) is 0 Å². The molecule has 0 aromatic carbocycles.